The van der Waals surface area contributed by atoms with Crippen LogP contribution in [0.4, 0.5) is 0 Å². The zero-order chi connectivity index (χ0) is 12.1. The number of ketones is 1. The van der Waals surface area contributed by atoms with Crippen LogP contribution >= 0.6 is 0 Å². The molecule has 0 spiro atoms. The summed E-state index contributed by atoms with van der Waals surface area (Å²) in [5.41, 5.74) is 0. The van der Waals surface area contributed by atoms with Gasteiger partial charge in [0.15, 0.2) is 5.78 Å². The zero-order valence-electron chi connectivity index (χ0n) is 11.0. The van der Waals surface area contributed by atoms with Crippen molar-refractivity contribution in [2.24, 2.45) is 5.92 Å². The number of likely N-dealkylation sites (N-methyl/N-ethyl adjacent to an activating group) is 1. The van der Waals surface area contributed by atoms with E-state index >= 15 is 0 Å². The fourth-order valence-electron chi connectivity index (χ4n) is 2.99. The van der Waals surface area contributed by atoms with Gasteiger partial charge in [-0.25, -0.2) is 0 Å². The molecule has 0 amide bonds. The summed E-state index contributed by atoms with van der Waals surface area (Å²) in [5, 5.41) is 0. The van der Waals surface area contributed by atoms with Crippen LogP contribution in [0.5, 0.6) is 0 Å². The van der Waals surface area contributed by atoms with Gasteiger partial charge in [0.2, 0.25) is 0 Å². The third kappa shape index (κ3) is 3.78. The normalized spacial score (nSPS) is 28.2. The van der Waals surface area contributed by atoms with E-state index in [0.717, 1.165) is 32.7 Å². The Hall–Kier alpha value is -0.410. The maximum Gasteiger partial charge on any atom is 0.163 e. The van der Waals surface area contributed by atoms with Crippen molar-refractivity contribution in [3.05, 3.63) is 0 Å². The lowest BCUT2D eigenvalue weighted by Crippen LogP contribution is -2.46. The quantitative estimate of drug-likeness (QED) is 0.753. The van der Waals surface area contributed by atoms with E-state index in [4.69, 9.17) is 4.74 Å². The molecule has 17 heavy (non-hydrogen) atoms. The van der Waals surface area contributed by atoms with Crippen LogP contribution in [0.2, 0.25) is 0 Å². The lowest BCUT2D eigenvalue weighted by molar-refractivity contribution is -0.137. The van der Waals surface area contributed by atoms with Crippen LogP contribution in [0.25, 0.3) is 0 Å². The summed E-state index contributed by atoms with van der Waals surface area (Å²) >= 11 is 0. The van der Waals surface area contributed by atoms with Gasteiger partial charge >= 0.3 is 0 Å². The number of Topliss-reactive ketones (excluding diaryl/α,β-unsaturated/α-hetero) is 1. The highest BCUT2D eigenvalue weighted by Crippen LogP contribution is 2.27. The summed E-state index contributed by atoms with van der Waals surface area (Å²) in [6.07, 6.45) is 7.07. The molecule has 0 N–H and O–H groups in total. The number of nitrogens with zero attached hydrogens (tertiary/aromatic N) is 1. The lowest BCUT2D eigenvalue weighted by Gasteiger charge is -2.32. The number of ether oxygens (including phenoxy) is 1. The molecule has 0 bridgehead atoms. The van der Waals surface area contributed by atoms with Gasteiger partial charge < -0.3 is 4.74 Å². The summed E-state index contributed by atoms with van der Waals surface area (Å²) in [6.45, 7) is 5.67. The molecule has 1 saturated heterocycles. The van der Waals surface area contributed by atoms with Gasteiger partial charge in [0.05, 0.1) is 6.61 Å². The first kappa shape index (κ1) is 13.0. The summed E-state index contributed by atoms with van der Waals surface area (Å²) in [4.78, 5) is 14.5. The summed E-state index contributed by atoms with van der Waals surface area (Å²) < 4.78 is 5.62. The van der Waals surface area contributed by atoms with Crippen molar-refractivity contribution >= 4 is 5.78 Å². The SMILES string of the molecule is CCN1CCOC(C(=O)CC2CCCCC2)C1. The van der Waals surface area contributed by atoms with E-state index in [1.807, 2.05) is 0 Å². The zero-order valence-corrected chi connectivity index (χ0v) is 11.0. The first-order valence-corrected chi connectivity index (χ1v) is 7.16. The van der Waals surface area contributed by atoms with Gasteiger partial charge in [-0.05, 0) is 12.5 Å². The maximum atomic E-state index is 12.2. The molecule has 2 fully saturated rings. The van der Waals surface area contributed by atoms with Gasteiger partial charge in [-0.1, -0.05) is 39.0 Å². The molecule has 1 heterocycles. The van der Waals surface area contributed by atoms with Gasteiger partial charge in [-0.15, -0.1) is 0 Å². The molecule has 2 rings (SSSR count). The van der Waals surface area contributed by atoms with E-state index in [-0.39, 0.29) is 6.10 Å². The lowest BCUT2D eigenvalue weighted by atomic mass is 9.85. The molecular weight excluding hydrogens is 214 g/mol. The first-order valence-electron chi connectivity index (χ1n) is 7.16. The van der Waals surface area contributed by atoms with E-state index in [1.54, 1.807) is 0 Å². The Balaban J connectivity index is 1.78. The number of rotatable bonds is 4. The molecule has 0 radical (unpaired) electrons. The number of hydrogen-bond acceptors (Lipinski definition) is 3. The molecule has 98 valence electrons. The van der Waals surface area contributed by atoms with Gasteiger partial charge in [-0.2, -0.15) is 0 Å². The molecule has 1 atom stereocenters. The van der Waals surface area contributed by atoms with Crippen molar-refractivity contribution in [3.8, 4) is 0 Å². The Kier molecular flexibility index (Phi) is 4.99. The predicted octanol–water partition coefficient (Wildman–Crippen LogP) is 2.25. The monoisotopic (exact) mass is 239 g/mol. The molecule has 2 aliphatic rings. The molecule has 0 aromatic carbocycles. The average molecular weight is 239 g/mol. The Bertz CT molecular complexity index is 249. The van der Waals surface area contributed by atoms with Crippen molar-refractivity contribution in [3.63, 3.8) is 0 Å². The van der Waals surface area contributed by atoms with Crippen LogP contribution in [0.15, 0.2) is 0 Å². The van der Waals surface area contributed by atoms with Crippen molar-refractivity contribution in [2.45, 2.75) is 51.6 Å². The Labute approximate surface area is 105 Å². The highest BCUT2D eigenvalue weighted by molar-refractivity contribution is 5.83. The first-order chi connectivity index (χ1) is 8.29. The summed E-state index contributed by atoms with van der Waals surface area (Å²) in [5.74, 6) is 0.979. The van der Waals surface area contributed by atoms with E-state index in [2.05, 4.69) is 11.8 Å². The minimum Gasteiger partial charge on any atom is -0.368 e. The van der Waals surface area contributed by atoms with Crippen molar-refractivity contribution in [1.82, 2.24) is 4.90 Å². The van der Waals surface area contributed by atoms with E-state index in [0.29, 0.717) is 11.7 Å². The van der Waals surface area contributed by atoms with Crippen LogP contribution in [0.1, 0.15) is 45.4 Å². The smallest absolute Gasteiger partial charge is 0.163 e. The van der Waals surface area contributed by atoms with Crippen molar-refractivity contribution in [2.75, 3.05) is 26.2 Å². The van der Waals surface area contributed by atoms with Gasteiger partial charge in [0.1, 0.15) is 6.10 Å². The number of hydrogen-bond donors (Lipinski definition) is 0. The molecule has 1 saturated carbocycles. The fraction of sp³-hybridized carbons (Fsp3) is 0.929. The van der Waals surface area contributed by atoms with Crippen LogP contribution in [-0.4, -0.2) is 43.0 Å². The predicted molar refractivity (Wildman–Crippen MR) is 68.1 cm³/mol. The highest BCUT2D eigenvalue weighted by atomic mass is 16.5. The van der Waals surface area contributed by atoms with Crippen molar-refractivity contribution < 1.29 is 9.53 Å². The second kappa shape index (κ2) is 6.50. The average Bonchev–Trinajstić information content (AvgIpc) is 2.40. The molecule has 1 aliphatic heterocycles. The standard InChI is InChI=1S/C14H25NO2/c1-2-15-8-9-17-14(11-15)13(16)10-12-6-4-3-5-7-12/h12,14H,2-11H2,1H3. The maximum absolute atomic E-state index is 12.2. The molecular formula is C14H25NO2. The Morgan fingerprint density at radius 3 is 2.76 bits per heavy atom. The minimum absolute atomic E-state index is 0.148. The Morgan fingerprint density at radius 1 is 1.29 bits per heavy atom. The summed E-state index contributed by atoms with van der Waals surface area (Å²) in [7, 11) is 0. The molecule has 3 heteroatoms. The number of carbonyl (C=O) groups excluding carboxylic acids is 1. The van der Waals surface area contributed by atoms with E-state index < -0.39 is 0 Å². The largest absolute Gasteiger partial charge is 0.368 e. The number of carbonyl (C=O) groups is 1. The topological polar surface area (TPSA) is 29.5 Å². The Morgan fingerprint density at radius 2 is 2.06 bits per heavy atom. The molecule has 0 aromatic rings. The molecule has 1 unspecified atom stereocenters. The van der Waals surface area contributed by atoms with Gasteiger partial charge in [0.25, 0.3) is 0 Å². The van der Waals surface area contributed by atoms with Crippen LogP contribution in [0, 0.1) is 5.92 Å². The van der Waals surface area contributed by atoms with Crippen LogP contribution in [0.3, 0.4) is 0 Å². The fourth-order valence-corrected chi connectivity index (χ4v) is 2.99. The molecule has 3 nitrogen and oxygen atoms in total. The van der Waals surface area contributed by atoms with Gasteiger partial charge in [-0.3, -0.25) is 9.69 Å². The highest BCUT2D eigenvalue weighted by Gasteiger charge is 2.27. The van der Waals surface area contributed by atoms with E-state index in [1.165, 1.54) is 32.1 Å². The minimum atomic E-state index is -0.148. The summed E-state index contributed by atoms with van der Waals surface area (Å²) in [6, 6.07) is 0. The molecule has 0 aromatic heterocycles. The van der Waals surface area contributed by atoms with Crippen LogP contribution < -0.4 is 0 Å². The van der Waals surface area contributed by atoms with Crippen LogP contribution in [-0.2, 0) is 9.53 Å². The third-order valence-corrected chi connectivity index (χ3v) is 4.17. The number of morpholine rings is 1. The second-order valence-electron chi connectivity index (χ2n) is 5.43. The van der Waals surface area contributed by atoms with Gasteiger partial charge in [0, 0.05) is 19.5 Å². The van der Waals surface area contributed by atoms with Crippen molar-refractivity contribution in [1.29, 1.82) is 0 Å². The third-order valence-electron chi connectivity index (χ3n) is 4.17. The molecule has 1 aliphatic carbocycles. The second-order valence-corrected chi connectivity index (χ2v) is 5.43. The van der Waals surface area contributed by atoms with E-state index in [9.17, 15) is 4.79 Å².